The van der Waals surface area contributed by atoms with Gasteiger partial charge < -0.3 is 9.47 Å². The predicted molar refractivity (Wildman–Crippen MR) is 56.9 cm³/mol. The van der Waals surface area contributed by atoms with E-state index in [0.29, 0.717) is 5.56 Å². The van der Waals surface area contributed by atoms with Gasteiger partial charge in [-0.1, -0.05) is 0 Å². The van der Waals surface area contributed by atoms with Gasteiger partial charge in [0.2, 0.25) is 0 Å². The van der Waals surface area contributed by atoms with Gasteiger partial charge in [-0.25, -0.2) is 4.79 Å². The summed E-state index contributed by atoms with van der Waals surface area (Å²) in [6, 6.07) is 2.80. The molecule has 0 saturated heterocycles. The van der Waals surface area contributed by atoms with E-state index in [9.17, 15) is 13.6 Å². The van der Waals surface area contributed by atoms with Gasteiger partial charge in [0.15, 0.2) is 0 Å². The van der Waals surface area contributed by atoms with Crippen LogP contribution in [0.15, 0.2) is 16.6 Å². The van der Waals surface area contributed by atoms with Crippen molar-refractivity contribution in [3.63, 3.8) is 0 Å². The fourth-order valence-electron chi connectivity index (χ4n) is 1.20. The molecule has 0 N–H and O–H groups in total. The summed E-state index contributed by atoms with van der Waals surface area (Å²) in [5.74, 6) is -0.518. The third kappa shape index (κ3) is 2.91. The molecule has 0 saturated carbocycles. The Labute approximate surface area is 99.5 Å². The first kappa shape index (κ1) is 12.9. The molecular formula is C10H9BrF2O3. The summed E-state index contributed by atoms with van der Waals surface area (Å²) >= 11 is 3.06. The number of hydrogen-bond acceptors (Lipinski definition) is 3. The molecule has 1 aromatic rings. The zero-order valence-corrected chi connectivity index (χ0v) is 10.2. The van der Waals surface area contributed by atoms with Gasteiger partial charge in [-0.2, -0.15) is 8.78 Å². The molecule has 16 heavy (non-hydrogen) atoms. The number of carbonyl (C=O) groups excluding carboxylic acids is 1. The largest absolute Gasteiger partial charge is 0.465 e. The van der Waals surface area contributed by atoms with Crippen LogP contribution in [0.25, 0.3) is 0 Å². The van der Waals surface area contributed by atoms with Crippen LogP contribution in [0.1, 0.15) is 15.9 Å². The van der Waals surface area contributed by atoms with Crippen molar-refractivity contribution in [2.45, 2.75) is 13.5 Å². The van der Waals surface area contributed by atoms with Crippen LogP contribution in [0.3, 0.4) is 0 Å². The SMILES string of the molecule is COC(=O)c1cc(C)c(OC(F)F)c(Br)c1. The topological polar surface area (TPSA) is 35.5 Å². The number of methoxy groups -OCH3 is 1. The highest BCUT2D eigenvalue weighted by molar-refractivity contribution is 9.10. The van der Waals surface area contributed by atoms with Gasteiger partial charge in [0.1, 0.15) is 5.75 Å². The lowest BCUT2D eigenvalue weighted by molar-refractivity contribution is -0.0508. The number of esters is 1. The minimum absolute atomic E-state index is 0.0163. The third-order valence-corrected chi connectivity index (χ3v) is 2.45. The van der Waals surface area contributed by atoms with Crippen molar-refractivity contribution in [2.24, 2.45) is 0 Å². The summed E-state index contributed by atoms with van der Waals surface area (Å²) in [7, 11) is 1.25. The lowest BCUT2D eigenvalue weighted by atomic mass is 10.1. The molecule has 0 fully saturated rings. The Morgan fingerprint density at radius 3 is 2.50 bits per heavy atom. The Morgan fingerprint density at radius 1 is 1.44 bits per heavy atom. The molecule has 88 valence electrons. The maximum Gasteiger partial charge on any atom is 0.387 e. The Hall–Kier alpha value is -1.17. The van der Waals surface area contributed by atoms with Crippen LogP contribution in [-0.2, 0) is 4.74 Å². The van der Waals surface area contributed by atoms with Crippen LogP contribution in [0.2, 0.25) is 0 Å². The van der Waals surface area contributed by atoms with Crippen LogP contribution >= 0.6 is 15.9 Å². The molecule has 0 bridgehead atoms. The Balaban J connectivity index is 3.12. The van der Waals surface area contributed by atoms with Crippen molar-refractivity contribution >= 4 is 21.9 Å². The number of ether oxygens (including phenoxy) is 2. The summed E-state index contributed by atoms with van der Waals surface area (Å²) < 4.78 is 33.3. The number of halogens is 3. The van der Waals surface area contributed by atoms with Crippen LogP contribution in [0.4, 0.5) is 8.78 Å². The van der Waals surface area contributed by atoms with Gasteiger partial charge >= 0.3 is 12.6 Å². The summed E-state index contributed by atoms with van der Waals surface area (Å²) in [4.78, 5) is 11.2. The minimum Gasteiger partial charge on any atom is -0.465 e. The number of aryl methyl sites for hydroxylation is 1. The van der Waals surface area contributed by atoms with Crippen LogP contribution < -0.4 is 4.74 Å². The summed E-state index contributed by atoms with van der Waals surface area (Å²) in [6.07, 6.45) is 0. The third-order valence-electron chi connectivity index (χ3n) is 1.86. The van der Waals surface area contributed by atoms with Gasteiger partial charge in [0, 0.05) is 0 Å². The second kappa shape index (κ2) is 5.25. The maximum atomic E-state index is 12.1. The van der Waals surface area contributed by atoms with Crippen molar-refractivity contribution in [3.8, 4) is 5.75 Å². The highest BCUT2D eigenvalue weighted by Crippen LogP contribution is 2.31. The molecule has 0 unspecified atom stereocenters. The van der Waals surface area contributed by atoms with Crippen molar-refractivity contribution in [1.29, 1.82) is 0 Å². The van der Waals surface area contributed by atoms with E-state index in [1.807, 2.05) is 0 Å². The molecule has 0 aromatic heterocycles. The number of alkyl halides is 2. The molecule has 0 spiro atoms. The zero-order valence-electron chi connectivity index (χ0n) is 8.59. The summed E-state index contributed by atoms with van der Waals surface area (Å²) in [5, 5.41) is 0. The van der Waals surface area contributed by atoms with E-state index >= 15 is 0 Å². The van der Waals surface area contributed by atoms with Crippen molar-refractivity contribution in [3.05, 3.63) is 27.7 Å². The Kier molecular flexibility index (Phi) is 4.23. The van der Waals surface area contributed by atoms with Crippen molar-refractivity contribution < 1.29 is 23.0 Å². The molecule has 1 aromatic carbocycles. The first-order chi connectivity index (χ1) is 7.45. The van der Waals surface area contributed by atoms with E-state index < -0.39 is 12.6 Å². The van der Waals surface area contributed by atoms with Crippen molar-refractivity contribution in [1.82, 2.24) is 0 Å². The average molecular weight is 295 g/mol. The lowest BCUT2D eigenvalue weighted by Gasteiger charge is -2.11. The Morgan fingerprint density at radius 2 is 2.06 bits per heavy atom. The van der Waals surface area contributed by atoms with E-state index in [0.717, 1.165) is 0 Å². The van der Waals surface area contributed by atoms with Crippen molar-refractivity contribution in [2.75, 3.05) is 7.11 Å². The van der Waals surface area contributed by atoms with Crippen LogP contribution in [0.5, 0.6) is 5.75 Å². The zero-order chi connectivity index (χ0) is 12.3. The Bertz CT molecular complexity index is 384. The van der Waals surface area contributed by atoms with E-state index in [4.69, 9.17) is 0 Å². The highest BCUT2D eigenvalue weighted by atomic mass is 79.9. The predicted octanol–water partition coefficient (Wildman–Crippen LogP) is 3.15. The second-order valence-corrected chi connectivity index (χ2v) is 3.83. The van der Waals surface area contributed by atoms with Gasteiger partial charge in [-0.15, -0.1) is 0 Å². The molecule has 0 amide bonds. The molecule has 0 aliphatic heterocycles. The van der Waals surface area contributed by atoms with E-state index in [2.05, 4.69) is 25.4 Å². The van der Waals surface area contributed by atoms with E-state index in [1.54, 1.807) is 6.92 Å². The number of benzene rings is 1. The first-order valence-electron chi connectivity index (χ1n) is 4.29. The van der Waals surface area contributed by atoms with E-state index in [-0.39, 0.29) is 15.8 Å². The molecule has 6 heteroatoms. The van der Waals surface area contributed by atoms with E-state index in [1.165, 1.54) is 19.2 Å². The average Bonchev–Trinajstić information content (AvgIpc) is 2.21. The molecule has 0 heterocycles. The molecule has 1 rings (SSSR count). The summed E-state index contributed by atoms with van der Waals surface area (Å²) in [5.41, 5.74) is 0.698. The van der Waals surface area contributed by atoms with Gasteiger partial charge in [0.05, 0.1) is 17.1 Å². The van der Waals surface area contributed by atoms with Crippen LogP contribution in [-0.4, -0.2) is 19.7 Å². The number of rotatable bonds is 3. The highest BCUT2D eigenvalue weighted by Gasteiger charge is 2.15. The molecule has 0 aliphatic rings. The molecule has 0 aliphatic carbocycles. The normalized spacial score (nSPS) is 10.4. The first-order valence-corrected chi connectivity index (χ1v) is 5.08. The molecule has 0 atom stereocenters. The summed E-state index contributed by atoms with van der Waals surface area (Å²) in [6.45, 7) is -1.34. The van der Waals surface area contributed by atoms with Crippen LogP contribution in [0, 0.1) is 6.92 Å². The van der Waals surface area contributed by atoms with Gasteiger partial charge in [-0.3, -0.25) is 0 Å². The number of hydrogen-bond donors (Lipinski definition) is 0. The smallest absolute Gasteiger partial charge is 0.387 e. The molecule has 0 radical (unpaired) electrons. The molecule has 3 nitrogen and oxygen atoms in total. The lowest BCUT2D eigenvalue weighted by Crippen LogP contribution is -2.06. The number of carbonyl (C=O) groups is 1. The minimum atomic E-state index is -2.90. The maximum absolute atomic E-state index is 12.1. The fraction of sp³-hybridized carbons (Fsp3) is 0.300. The second-order valence-electron chi connectivity index (χ2n) is 2.97. The monoisotopic (exact) mass is 294 g/mol. The van der Waals surface area contributed by atoms with Gasteiger partial charge in [0.25, 0.3) is 0 Å². The standard InChI is InChI=1S/C10H9BrF2O3/c1-5-3-6(9(14)15-2)4-7(11)8(5)16-10(12)13/h3-4,10H,1-2H3. The fourth-order valence-corrected chi connectivity index (χ4v) is 1.86. The molecular weight excluding hydrogens is 286 g/mol. The van der Waals surface area contributed by atoms with Gasteiger partial charge in [-0.05, 0) is 40.5 Å². The quantitative estimate of drug-likeness (QED) is 0.804.